The number of carbonyl (C=O) groups excluding carboxylic acids is 1. The SMILES string of the molecule is [2H]C1([2H])NC(=O)N[C@]1([2H])C(F)(F)F. The minimum absolute atomic E-state index is 1.18. The van der Waals surface area contributed by atoms with Crippen molar-refractivity contribution >= 4 is 6.03 Å². The fourth-order valence-corrected chi connectivity index (χ4v) is 0.437. The van der Waals surface area contributed by atoms with Gasteiger partial charge in [-0.25, -0.2) is 4.79 Å². The lowest BCUT2D eigenvalue weighted by Crippen LogP contribution is -2.40. The zero-order chi connectivity index (χ0) is 10.5. The molecule has 1 atom stereocenters. The Bertz CT molecular complexity index is 256. The van der Waals surface area contributed by atoms with E-state index in [0.29, 0.717) is 0 Å². The zero-order valence-electron chi connectivity index (χ0n) is 7.54. The van der Waals surface area contributed by atoms with Gasteiger partial charge in [0.2, 0.25) is 0 Å². The Morgan fingerprint density at radius 3 is 2.60 bits per heavy atom. The van der Waals surface area contributed by atoms with Crippen LogP contribution in [0.25, 0.3) is 0 Å². The number of halogens is 3. The van der Waals surface area contributed by atoms with E-state index in [2.05, 4.69) is 0 Å². The van der Waals surface area contributed by atoms with Crippen LogP contribution in [0.1, 0.15) is 4.11 Å². The van der Waals surface area contributed by atoms with Crippen LogP contribution in [0.3, 0.4) is 0 Å². The van der Waals surface area contributed by atoms with E-state index in [9.17, 15) is 18.0 Å². The van der Waals surface area contributed by atoms with E-state index < -0.39 is 24.7 Å². The Morgan fingerprint density at radius 2 is 2.40 bits per heavy atom. The van der Waals surface area contributed by atoms with Gasteiger partial charge >= 0.3 is 12.2 Å². The highest BCUT2D eigenvalue weighted by atomic mass is 19.4. The van der Waals surface area contributed by atoms with Crippen LogP contribution in [-0.2, 0) is 0 Å². The molecule has 58 valence electrons. The van der Waals surface area contributed by atoms with Gasteiger partial charge in [-0.2, -0.15) is 13.2 Å². The first-order valence-corrected chi connectivity index (χ1v) is 2.27. The molecule has 6 heteroatoms. The van der Waals surface area contributed by atoms with Crippen LogP contribution < -0.4 is 10.6 Å². The molecule has 1 rings (SSSR count). The Labute approximate surface area is 58.8 Å². The maximum Gasteiger partial charge on any atom is 0.410 e. The summed E-state index contributed by atoms with van der Waals surface area (Å²) in [5.41, 5.74) is 0. The molecular weight excluding hydrogens is 149 g/mol. The van der Waals surface area contributed by atoms with Crippen LogP contribution in [-0.4, -0.2) is 24.7 Å². The van der Waals surface area contributed by atoms with Gasteiger partial charge in [0.25, 0.3) is 0 Å². The van der Waals surface area contributed by atoms with Crippen LogP contribution in [0.5, 0.6) is 0 Å². The Kier molecular flexibility index (Phi) is 0.822. The number of alkyl halides is 3. The molecule has 0 bridgehead atoms. The van der Waals surface area contributed by atoms with E-state index in [1.54, 1.807) is 0 Å². The molecule has 10 heavy (non-hydrogen) atoms. The summed E-state index contributed by atoms with van der Waals surface area (Å²) >= 11 is 0. The molecule has 0 aliphatic carbocycles. The maximum absolute atomic E-state index is 12.1. The zero-order valence-corrected chi connectivity index (χ0v) is 4.54. The quantitative estimate of drug-likeness (QED) is 0.519. The molecule has 0 radical (unpaired) electrons. The van der Waals surface area contributed by atoms with E-state index >= 15 is 0 Å². The normalized spacial score (nSPS) is 42.7. The summed E-state index contributed by atoms with van der Waals surface area (Å²) in [5, 5.41) is 2.54. The number of hydrogen-bond donors (Lipinski definition) is 2. The summed E-state index contributed by atoms with van der Waals surface area (Å²) in [6.07, 6.45) is -5.17. The molecule has 0 aromatic rings. The van der Waals surface area contributed by atoms with Crippen molar-refractivity contribution in [3.8, 4) is 0 Å². The van der Waals surface area contributed by atoms with E-state index in [4.69, 9.17) is 4.11 Å². The van der Waals surface area contributed by atoms with E-state index in [1.165, 1.54) is 10.6 Å². The van der Waals surface area contributed by atoms with Gasteiger partial charge in [0, 0.05) is 6.50 Å². The molecule has 1 heterocycles. The molecule has 2 amide bonds. The predicted octanol–water partition coefficient (Wildman–Crippen LogP) is 0.230. The molecule has 1 fully saturated rings. The molecule has 1 aliphatic rings. The molecule has 2 N–H and O–H groups in total. The maximum atomic E-state index is 12.1. The van der Waals surface area contributed by atoms with Crippen LogP contribution in [0.2, 0.25) is 0 Å². The molecule has 1 saturated heterocycles. The second kappa shape index (κ2) is 2.03. The van der Waals surface area contributed by atoms with Gasteiger partial charge in [0.1, 0.15) is 6.02 Å². The average molecular weight is 157 g/mol. The molecule has 0 aromatic heterocycles. The van der Waals surface area contributed by atoms with Crippen molar-refractivity contribution in [2.45, 2.75) is 12.2 Å². The first kappa shape index (κ1) is 4.05. The van der Waals surface area contributed by atoms with Gasteiger partial charge < -0.3 is 10.6 Å². The lowest BCUT2D eigenvalue weighted by Gasteiger charge is -2.11. The molecule has 0 aromatic carbocycles. The minimum Gasteiger partial charge on any atom is -0.336 e. The average Bonchev–Trinajstić information content (AvgIpc) is 2.00. The topological polar surface area (TPSA) is 41.1 Å². The lowest BCUT2D eigenvalue weighted by atomic mass is 10.3. The van der Waals surface area contributed by atoms with Gasteiger partial charge in [-0.1, -0.05) is 0 Å². The third-order valence-electron chi connectivity index (χ3n) is 0.823. The van der Waals surface area contributed by atoms with Crippen molar-refractivity contribution in [2.24, 2.45) is 0 Å². The van der Waals surface area contributed by atoms with Crippen LogP contribution in [0.4, 0.5) is 18.0 Å². The summed E-state index contributed by atoms with van der Waals surface area (Å²) in [4.78, 5) is 10.4. The van der Waals surface area contributed by atoms with Gasteiger partial charge in [-0.3, -0.25) is 0 Å². The van der Waals surface area contributed by atoms with Crippen molar-refractivity contribution in [1.82, 2.24) is 10.6 Å². The molecule has 3 nitrogen and oxygen atoms in total. The molecular formula is C4H5F3N2O. The third-order valence-corrected chi connectivity index (χ3v) is 0.823. The number of amides is 2. The van der Waals surface area contributed by atoms with Crippen LogP contribution in [0.15, 0.2) is 0 Å². The van der Waals surface area contributed by atoms with Crippen molar-refractivity contribution in [3.05, 3.63) is 0 Å². The fourth-order valence-electron chi connectivity index (χ4n) is 0.437. The predicted molar refractivity (Wildman–Crippen MR) is 26.4 cm³/mol. The second-order valence-electron chi connectivity index (χ2n) is 1.58. The largest absolute Gasteiger partial charge is 0.410 e. The highest BCUT2D eigenvalue weighted by molar-refractivity contribution is 5.76. The number of carbonyl (C=O) groups is 1. The molecule has 0 saturated carbocycles. The number of rotatable bonds is 0. The highest BCUT2D eigenvalue weighted by Gasteiger charge is 2.43. The number of hydrogen-bond acceptors (Lipinski definition) is 1. The summed E-state index contributed by atoms with van der Waals surface area (Å²) < 4.78 is 56.7. The summed E-state index contributed by atoms with van der Waals surface area (Å²) in [5.74, 6) is 0. The summed E-state index contributed by atoms with van der Waals surface area (Å²) in [6.45, 7) is -3.16. The van der Waals surface area contributed by atoms with Crippen LogP contribution >= 0.6 is 0 Å². The van der Waals surface area contributed by atoms with E-state index in [-0.39, 0.29) is 0 Å². The van der Waals surface area contributed by atoms with Crippen molar-refractivity contribution in [1.29, 1.82) is 0 Å². The second-order valence-corrected chi connectivity index (χ2v) is 1.58. The van der Waals surface area contributed by atoms with E-state index in [0.717, 1.165) is 0 Å². The molecule has 0 unspecified atom stereocenters. The minimum atomic E-state index is -5.17. The number of urea groups is 1. The Hall–Kier alpha value is -0.940. The lowest BCUT2D eigenvalue weighted by molar-refractivity contribution is -0.148. The molecule has 1 aliphatic heterocycles. The van der Waals surface area contributed by atoms with Crippen LogP contribution in [0, 0.1) is 0 Å². The third kappa shape index (κ3) is 1.31. The van der Waals surface area contributed by atoms with Gasteiger partial charge in [0.15, 0.2) is 0 Å². The Morgan fingerprint density at radius 1 is 1.80 bits per heavy atom. The van der Waals surface area contributed by atoms with Gasteiger partial charge in [-0.05, 0) is 0 Å². The van der Waals surface area contributed by atoms with Gasteiger partial charge in [0.05, 0.1) is 4.11 Å². The van der Waals surface area contributed by atoms with Crippen molar-refractivity contribution < 1.29 is 22.1 Å². The van der Waals surface area contributed by atoms with Crippen molar-refractivity contribution in [2.75, 3.05) is 6.50 Å². The van der Waals surface area contributed by atoms with Gasteiger partial charge in [-0.15, -0.1) is 0 Å². The monoisotopic (exact) mass is 157 g/mol. The summed E-state index contributed by atoms with van der Waals surface area (Å²) in [7, 11) is 0. The first-order valence-electron chi connectivity index (χ1n) is 3.77. The first-order chi connectivity index (χ1) is 5.60. The standard InChI is InChI=1S/C4H5F3N2O/c5-4(6,7)2-1-8-3(10)9-2/h2H,1H2,(H2,8,9,10)/t2-/m0/s1/i1D2,2D. The van der Waals surface area contributed by atoms with Crippen molar-refractivity contribution in [3.63, 3.8) is 0 Å². The molecule has 0 spiro atoms. The number of nitrogens with one attached hydrogen (secondary N) is 2. The fraction of sp³-hybridized carbons (Fsp3) is 0.750. The van der Waals surface area contributed by atoms with E-state index in [1.807, 2.05) is 0 Å². The highest BCUT2D eigenvalue weighted by Crippen LogP contribution is 2.20. The Balaban J connectivity index is 3.10. The smallest absolute Gasteiger partial charge is 0.336 e. The summed E-state index contributed by atoms with van der Waals surface area (Å²) in [6, 6.07) is -4.98.